The number of hydrogen-bond donors (Lipinski definition) is 1. The summed E-state index contributed by atoms with van der Waals surface area (Å²) in [7, 11) is 0. The van der Waals surface area contributed by atoms with Gasteiger partial charge in [-0.25, -0.2) is 0 Å². The highest BCUT2D eigenvalue weighted by atomic mass is 16.7. The molecule has 6 heteroatoms. The van der Waals surface area contributed by atoms with Crippen molar-refractivity contribution in [3.05, 3.63) is 24.3 Å². The molecule has 2 fully saturated rings. The topological polar surface area (TPSA) is 82.1 Å². The minimum atomic E-state index is -0.871. The summed E-state index contributed by atoms with van der Waals surface area (Å²) >= 11 is 0. The van der Waals surface area contributed by atoms with Crippen molar-refractivity contribution in [1.29, 1.82) is 0 Å². The molecule has 0 aromatic carbocycles. The van der Waals surface area contributed by atoms with E-state index in [4.69, 9.17) is 14.2 Å². The molecular formula is C36H60O6. The van der Waals surface area contributed by atoms with Crippen LogP contribution < -0.4 is 0 Å². The number of hydrogen-bond acceptors (Lipinski definition) is 6. The summed E-state index contributed by atoms with van der Waals surface area (Å²) in [6.07, 6.45) is 30.0. The zero-order valence-corrected chi connectivity index (χ0v) is 26.8. The van der Waals surface area contributed by atoms with Gasteiger partial charge in [0.1, 0.15) is 11.7 Å². The maximum absolute atomic E-state index is 13.1. The van der Waals surface area contributed by atoms with Crippen molar-refractivity contribution in [2.45, 2.75) is 179 Å². The average molecular weight is 589 g/mol. The van der Waals surface area contributed by atoms with Gasteiger partial charge in [0, 0.05) is 18.8 Å². The van der Waals surface area contributed by atoms with Crippen molar-refractivity contribution in [3.63, 3.8) is 0 Å². The highest BCUT2D eigenvalue weighted by molar-refractivity contribution is 6.00. The molecule has 0 amide bonds. The Bertz CT molecular complexity index is 814. The van der Waals surface area contributed by atoms with E-state index in [0.717, 1.165) is 25.7 Å². The minimum Gasteiger partial charge on any atom is -0.462 e. The van der Waals surface area contributed by atoms with Gasteiger partial charge in [-0.2, -0.15) is 0 Å². The Morgan fingerprint density at radius 3 is 1.90 bits per heavy atom. The van der Waals surface area contributed by atoms with E-state index in [0.29, 0.717) is 19.3 Å². The Morgan fingerprint density at radius 1 is 0.857 bits per heavy atom. The van der Waals surface area contributed by atoms with Crippen LogP contribution in [0.2, 0.25) is 0 Å². The molecule has 0 aromatic heterocycles. The van der Waals surface area contributed by atoms with Gasteiger partial charge in [0.2, 0.25) is 0 Å². The predicted octanol–water partition coefficient (Wildman–Crippen LogP) is 8.69. The van der Waals surface area contributed by atoms with E-state index < -0.39 is 17.5 Å². The van der Waals surface area contributed by atoms with Crippen LogP contribution in [0.5, 0.6) is 0 Å². The fraction of sp³-hybridized carbons (Fsp3) is 0.833. The molecule has 2 unspecified atom stereocenters. The van der Waals surface area contributed by atoms with E-state index in [1.165, 1.54) is 102 Å². The molecule has 3 atom stereocenters. The molecule has 3 rings (SSSR count). The van der Waals surface area contributed by atoms with E-state index in [9.17, 15) is 14.7 Å². The third-order valence-corrected chi connectivity index (χ3v) is 9.44. The van der Waals surface area contributed by atoms with E-state index in [-0.39, 0.29) is 36.8 Å². The van der Waals surface area contributed by atoms with Gasteiger partial charge in [-0.05, 0) is 56.4 Å². The lowest BCUT2D eigenvalue weighted by Crippen LogP contribution is -2.48. The van der Waals surface area contributed by atoms with Gasteiger partial charge in [0.25, 0.3) is 0 Å². The molecule has 0 saturated carbocycles. The number of ketones is 1. The largest absolute Gasteiger partial charge is 0.462 e. The lowest BCUT2D eigenvalue weighted by Gasteiger charge is -2.41. The quantitative estimate of drug-likeness (QED) is 0.107. The van der Waals surface area contributed by atoms with E-state index in [2.05, 4.69) is 13.8 Å². The second-order valence-electron chi connectivity index (χ2n) is 13.2. The van der Waals surface area contributed by atoms with Gasteiger partial charge >= 0.3 is 5.97 Å². The number of ether oxygens (including phenoxy) is 3. The van der Waals surface area contributed by atoms with Crippen molar-refractivity contribution < 1.29 is 28.9 Å². The molecular weight excluding hydrogens is 528 g/mol. The standard InChI is InChI=1S/C36H60O6/c1-3-5-7-9-11-13-15-17-19-32(20-18-16-14-12-10-8-6-4-2)41-34(39)27-30-29-40-36(28-33(30)38)26-25-35(42-36)23-21-31(37)22-24-35/h21-24,30,32-33,38H,3-20,25-29H2,1-2H3/t30?,33?,36-/m1/s1. The lowest BCUT2D eigenvalue weighted by molar-refractivity contribution is -0.280. The fourth-order valence-corrected chi connectivity index (χ4v) is 6.70. The van der Waals surface area contributed by atoms with Crippen LogP contribution >= 0.6 is 0 Å². The highest BCUT2D eigenvalue weighted by Gasteiger charge is 2.52. The van der Waals surface area contributed by atoms with Gasteiger partial charge < -0.3 is 19.3 Å². The van der Waals surface area contributed by atoms with Crippen molar-refractivity contribution in [3.8, 4) is 0 Å². The van der Waals surface area contributed by atoms with Crippen molar-refractivity contribution in [2.24, 2.45) is 5.92 Å². The molecule has 2 heterocycles. The van der Waals surface area contributed by atoms with E-state index in [1.54, 1.807) is 12.2 Å². The first-order valence-corrected chi connectivity index (χ1v) is 17.5. The summed E-state index contributed by atoms with van der Waals surface area (Å²) in [5.41, 5.74) is -0.641. The Balaban J connectivity index is 1.40. The monoisotopic (exact) mass is 588 g/mol. The zero-order chi connectivity index (χ0) is 30.1. The highest BCUT2D eigenvalue weighted by Crippen LogP contribution is 2.47. The van der Waals surface area contributed by atoms with Crippen LogP contribution in [0.4, 0.5) is 0 Å². The summed E-state index contributed by atoms with van der Waals surface area (Å²) < 4.78 is 18.5. The van der Waals surface area contributed by atoms with Crippen LogP contribution in [0, 0.1) is 5.92 Å². The SMILES string of the molecule is CCCCCCCCCCC(CCCCCCCCCC)OC(=O)CC1CO[C@@]2(CCC3(C=CC(=O)C=C3)O2)CC1O. The lowest BCUT2D eigenvalue weighted by atomic mass is 9.88. The van der Waals surface area contributed by atoms with E-state index in [1.807, 2.05) is 0 Å². The van der Waals surface area contributed by atoms with Crippen LogP contribution in [-0.4, -0.2) is 47.1 Å². The van der Waals surface area contributed by atoms with Gasteiger partial charge in [-0.15, -0.1) is 0 Å². The Labute approximate surface area is 256 Å². The third kappa shape index (κ3) is 12.2. The van der Waals surface area contributed by atoms with Crippen LogP contribution in [0.1, 0.15) is 155 Å². The molecule has 2 spiro atoms. The maximum Gasteiger partial charge on any atom is 0.306 e. The van der Waals surface area contributed by atoms with Crippen LogP contribution in [0.25, 0.3) is 0 Å². The number of aliphatic hydroxyl groups is 1. The number of esters is 1. The molecule has 2 aliphatic heterocycles. The summed E-state index contributed by atoms with van der Waals surface area (Å²) in [6, 6.07) is 0. The Morgan fingerprint density at radius 2 is 1.38 bits per heavy atom. The molecule has 0 aromatic rings. The normalized spacial score (nSPS) is 24.8. The molecule has 2 saturated heterocycles. The maximum atomic E-state index is 13.1. The van der Waals surface area contributed by atoms with Crippen LogP contribution in [-0.2, 0) is 23.8 Å². The number of carbonyl (C=O) groups is 2. The van der Waals surface area contributed by atoms with E-state index >= 15 is 0 Å². The van der Waals surface area contributed by atoms with Gasteiger partial charge in [0.15, 0.2) is 11.6 Å². The molecule has 0 radical (unpaired) electrons. The summed E-state index contributed by atoms with van der Waals surface area (Å²) in [6.45, 7) is 4.77. The first-order chi connectivity index (χ1) is 20.4. The van der Waals surface area contributed by atoms with Crippen molar-refractivity contribution in [2.75, 3.05) is 6.61 Å². The van der Waals surface area contributed by atoms with Crippen molar-refractivity contribution >= 4 is 11.8 Å². The Kier molecular flexibility index (Phi) is 15.8. The zero-order valence-electron chi connectivity index (χ0n) is 26.8. The van der Waals surface area contributed by atoms with Crippen LogP contribution in [0.3, 0.4) is 0 Å². The molecule has 1 N–H and O–H groups in total. The average Bonchev–Trinajstić information content (AvgIpc) is 3.31. The smallest absolute Gasteiger partial charge is 0.306 e. The number of unbranched alkanes of at least 4 members (excludes halogenated alkanes) is 14. The minimum absolute atomic E-state index is 0.0312. The number of aliphatic hydroxyl groups excluding tert-OH is 1. The molecule has 3 aliphatic rings. The first kappa shape index (κ1) is 35.0. The second kappa shape index (κ2) is 19.0. The molecule has 0 bridgehead atoms. The summed E-state index contributed by atoms with van der Waals surface area (Å²) in [5.74, 6) is -1.43. The Hall–Kier alpha value is -1.50. The second-order valence-corrected chi connectivity index (χ2v) is 13.2. The molecule has 240 valence electrons. The van der Waals surface area contributed by atoms with Crippen molar-refractivity contribution in [1.82, 2.24) is 0 Å². The predicted molar refractivity (Wildman–Crippen MR) is 168 cm³/mol. The number of rotatable bonds is 21. The number of carbonyl (C=O) groups excluding carboxylic acids is 2. The van der Waals surface area contributed by atoms with Gasteiger partial charge in [-0.3, -0.25) is 9.59 Å². The van der Waals surface area contributed by atoms with Gasteiger partial charge in [0.05, 0.1) is 19.1 Å². The first-order valence-electron chi connectivity index (χ1n) is 17.5. The number of allylic oxidation sites excluding steroid dienone is 2. The van der Waals surface area contributed by atoms with Gasteiger partial charge in [-0.1, -0.05) is 104 Å². The summed E-state index contributed by atoms with van der Waals surface area (Å²) in [5, 5.41) is 11.0. The molecule has 42 heavy (non-hydrogen) atoms. The summed E-state index contributed by atoms with van der Waals surface area (Å²) in [4.78, 5) is 24.6. The fourth-order valence-electron chi connectivity index (χ4n) is 6.70. The molecule has 6 nitrogen and oxygen atoms in total. The third-order valence-electron chi connectivity index (χ3n) is 9.44. The molecule has 1 aliphatic carbocycles. The van der Waals surface area contributed by atoms with Crippen LogP contribution in [0.15, 0.2) is 24.3 Å².